The van der Waals surface area contributed by atoms with Gasteiger partial charge in [0.05, 0.1) is 12.2 Å². The molecule has 0 radical (unpaired) electrons. The normalized spacial score (nSPS) is 43.9. The second-order valence-corrected chi connectivity index (χ2v) is 12.3. The van der Waals surface area contributed by atoms with Gasteiger partial charge in [-0.3, -0.25) is 0 Å². The SMILES string of the molecule is C=C1/C(=C\C=C2/CCC[C@]3(C)C([C@H](C)CCC(C)[C@@]4(C)O[C@H](C)OC4=O)CC[C@@H]23)C[C@@H](O)C[C@@H]1O. The lowest BCUT2D eigenvalue weighted by molar-refractivity contribution is -0.146. The van der Waals surface area contributed by atoms with Gasteiger partial charge in [-0.1, -0.05) is 51.5 Å². The minimum Gasteiger partial charge on any atom is -0.434 e. The molecule has 0 bridgehead atoms. The van der Waals surface area contributed by atoms with Crippen LogP contribution in [0.15, 0.2) is 35.5 Å². The van der Waals surface area contributed by atoms with E-state index in [1.54, 1.807) is 6.92 Å². The van der Waals surface area contributed by atoms with Gasteiger partial charge in [0, 0.05) is 6.42 Å². The molecule has 5 heteroatoms. The molecule has 0 aromatic carbocycles. The lowest BCUT2D eigenvalue weighted by Gasteiger charge is -2.44. The van der Waals surface area contributed by atoms with Crippen molar-refractivity contribution < 1.29 is 24.5 Å². The van der Waals surface area contributed by atoms with E-state index >= 15 is 0 Å². The first-order valence-corrected chi connectivity index (χ1v) is 13.8. The summed E-state index contributed by atoms with van der Waals surface area (Å²) in [5, 5.41) is 20.3. The summed E-state index contributed by atoms with van der Waals surface area (Å²) >= 11 is 0. The molecular formula is C30H46O5. The largest absolute Gasteiger partial charge is 0.434 e. The quantitative estimate of drug-likeness (QED) is 0.460. The number of allylic oxidation sites excluding steroid dienone is 3. The van der Waals surface area contributed by atoms with E-state index < -0.39 is 24.1 Å². The van der Waals surface area contributed by atoms with E-state index in [1.807, 2.05) is 6.92 Å². The van der Waals surface area contributed by atoms with Gasteiger partial charge >= 0.3 is 5.97 Å². The van der Waals surface area contributed by atoms with Gasteiger partial charge in [-0.2, -0.15) is 0 Å². The van der Waals surface area contributed by atoms with Crippen LogP contribution in [-0.2, 0) is 14.3 Å². The fourth-order valence-electron chi connectivity index (χ4n) is 7.67. The van der Waals surface area contributed by atoms with Crippen molar-refractivity contribution in [1.29, 1.82) is 0 Å². The molecule has 0 aromatic rings. The number of hydrogen-bond acceptors (Lipinski definition) is 5. The number of carbonyl (C=O) groups is 1. The van der Waals surface area contributed by atoms with Crippen LogP contribution in [-0.4, -0.2) is 40.3 Å². The molecule has 4 fully saturated rings. The Hall–Kier alpha value is -1.43. The zero-order valence-electron chi connectivity index (χ0n) is 22.4. The maximum atomic E-state index is 12.4. The molecule has 3 aliphatic carbocycles. The summed E-state index contributed by atoms with van der Waals surface area (Å²) < 4.78 is 11.2. The van der Waals surface area contributed by atoms with Crippen LogP contribution < -0.4 is 0 Å². The van der Waals surface area contributed by atoms with E-state index in [9.17, 15) is 15.0 Å². The fourth-order valence-corrected chi connectivity index (χ4v) is 7.67. The zero-order chi connectivity index (χ0) is 25.5. The third-order valence-electron chi connectivity index (χ3n) is 10.1. The number of aliphatic hydroxyl groups excluding tert-OH is 2. The molecular weight excluding hydrogens is 440 g/mol. The highest BCUT2D eigenvalue weighted by Crippen LogP contribution is 2.60. The van der Waals surface area contributed by atoms with Crippen molar-refractivity contribution in [2.24, 2.45) is 29.1 Å². The molecule has 35 heavy (non-hydrogen) atoms. The number of cyclic esters (lactones) is 1. The first-order chi connectivity index (χ1) is 16.5. The number of aliphatic hydroxyl groups is 2. The molecule has 1 aliphatic heterocycles. The molecule has 4 rings (SSSR count). The van der Waals surface area contributed by atoms with E-state index in [4.69, 9.17) is 9.47 Å². The molecule has 5 nitrogen and oxygen atoms in total. The maximum Gasteiger partial charge on any atom is 0.340 e. The summed E-state index contributed by atoms with van der Waals surface area (Å²) in [6.07, 6.45) is 11.9. The average molecular weight is 487 g/mol. The third-order valence-corrected chi connectivity index (χ3v) is 10.1. The Bertz CT molecular complexity index is 889. The van der Waals surface area contributed by atoms with Crippen LogP contribution in [0, 0.1) is 29.1 Å². The van der Waals surface area contributed by atoms with Gasteiger partial charge in [0.15, 0.2) is 5.60 Å². The maximum absolute atomic E-state index is 12.4. The van der Waals surface area contributed by atoms with Gasteiger partial charge in [0.1, 0.15) is 0 Å². The van der Waals surface area contributed by atoms with Crippen molar-refractivity contribution in [2.75, 3.05) is 0 Å². The first kappa shape index (κ1) is 26.6. The number of ether oxygens (including phenoxy) is 2. The Morgan fingerprint density at radius 1 is 1.17 bits per heavy atom. The lowest BCUT2D eigenvalue weighted by atomic mass is 9.60. The summed E-state index contributed by atoms with van der Waals surface area (Å²) in [6.45, 7) is 14.8. The molecule has 0 aromatic heterocycles. The number of esters is 1. The molecule has 196 valence electrons. The molecule has 9 atom stereocenters. The predicted octanol–water partition coefficient (Wildman–Crippen LogP) is 5.86. The number of rotatable bonds is 6. The van der Waals surface area contributed by atoms with Gasteiger partial charge in [-0.05, 0) is 99.0 Å². The zero-order valence-corrected chi connectivity index (χ0v) is 22.4. The van der Waals surface area contributed by atoms with E-state index in [0.29, 0.717) is 36.0 Å². The Balaban J connectivity index is 1.42. The summed E-state index contributed by atoms with van der Waals surface area (Å²) in [4.78, 5) is 12.4. The molecule has 3 saturated carbocycles. The topological polar surface area (TPSA) is 76.0 Å². The monoisotopic (exact) mass is 486 g/mol. The van der Waals surface area contributed by atoms with Crippen molar-refractivity contribution in [2.45, 2.75) is 117 Å². The highest BCUT2D eigenvalue weighted by molar-refractivity contribution is 5.81. The van der Waals surface area contributed by atoms with Gasteiger partial charge in [-0.15, -0.1) is 0 Å². The third kappa shape index (κ3) is 5.06. The van der Waals surface area contributed by atoms with Crippen LogP contribution in [0.5, 0.6) is 0 Å². The van der Waals surface area contributed by atoms with Gasteiger partial charge in [0.25, 0.3) is 0 Å². The smallest absolute Gasteiger partial charge is 0.340 e. The molecule has 2 N–H and O–H groups in total. The van der Waals surface area contributed by atoms with Crippen molar-refractivity contribution in [3.05, 3.63) is 35.5 Å². The standard InChI is InChI=1S/C30H46O5/c1-18(9-10-19(2)30(6)28(33)34-21(4)35-30)25-13-14-26-22(8-7-15-29(25,26)5)11-12-23-16-24(31)17-27(32)20(23)3/h11-12,18-19,21,24-27,31-32H,3,7-10,13-17H2,1-2,4-6H3/b22-11+,23-12-/t18-,19?,21-,24-,25?,26+,27+,29-,30-/m1/s1. The van der Waals surface area contributed by atoms with Crippen molar-refractivity contribution >= 4 is 5.97 Å². The number of carbonyl (C=O) groups excluding carboxylic acids is 1. The van der Waals surface area contributed by atoms with Crippen molar-refractivity contribution in [3.63, 3.8) is 0 Å². The highest BCUT2D eigenvalue weighted by Gasteiger charge is 2.52. The first-order valence-electron chi connectivity index (χ1n) is 13.8. The van der Waals surface area contributed by atoms with Crippen molar-refractivity contribution in [1.82, 2.24) is 0 Å². The van der Waals surface area contributed by atoms with Crippen LogP contribution in [0.3, 0.4) is 0 Å². The van der Waals surface area contributed by atoms with E-state index in [2.05, 4.69) is 39.5 Å². The van der Waals surface area contributed by atoms with Crippen LogP contribution >= 0.6 is 0 Å². The van der Waals surface area contributed by atoms with Crippen LogP contribution in [0.1, 0.15) is 92.4 Å². The van der Waals surface area contributed by atoms with Crippen LogP contribution in [0.2, 0.25) is 0 Å². The Morgan fingerprint density at radius 2 is 1.91 bits per heavy atom. The van der Waals surface area contributed by atoms with Crippen LogP contribution in [0.4, 0.5) is 0 Å². The predicted molar refractivity (Wildman–Crippen MR) is 137 cm³/mol. The summed E-state index contributed by atoms with van der Waals surface area (Å²) in [7, 11) is 0. The lowest BCUT2D eigenvalue weighted by Crippen LogP contribution is -2.40. The van der Waals surface area contributed by atoms with E-state index in [-0.39, 0.29) is 11.9 Å². The molecule has 4 aliphatic rings. The second-order valence-electron chi connectivity index (χ2n) is 12.3. The van der Waals surface area contributed by atoms with Gasteiger partial charge < -0.3 is 19.7 Å². The number of fused-ring (bicyclic) bond motifs is 1. The second kappa shape index (κ2) is 10.1. The molecule has 0 amide bonds. The minimum atomic E-state index is -0.834. The average Bonchev–Trinajstić information content (AvgIpc) is 3.28. The van der Waals surface area contributed by atoms with Gasteiger partial charge in [0.2, 0.25) is 6.29 Å². The summed E-state index contributed by atoms with van der Waals surface area (Å²) in [5.74, 6) is 1.75. The molecule has 2 unspecified atom stereocenters. The van der Waals surface area contributed by atoms with E-state index in [0.717, 1.165) is 30.4 Å². The van der Waals surface area contributed by atoms with E-state index in [1.165, 1.54) is 31.3 Å². The highest BCUT2D eigenvalue weighted by atomic mass is 16.8. The minimum absolute atomic E-state index is 0.120. The van der Waals surface area contributed by atoms with Gasteiger partial charge in [-0.25, -0.2) is 4.79 Å². The molecule has 1 heterocycles. The fraction of sp³-hybridized carbons (Fsp3) is 0.767. The Labute approximate surface area is 211 Å². The Morgan fingerprint density at radius 3 is 2.60 bits per heavy atom. The van der Waals surface area contributed by atoms with Crippen molar-refractivity contribution in [3.8, 4) is 0 Å². The molecule has 1 saturated heterocycles. The molecule has 0 spiro atoms. The summed E-state index contributed by atoms with van der Waals surface area (Å²) in [5.41, 5.74) is 2.74. The Kier molecular flexibility index (Phi) is 7.72. The number of hydrogen-bond donors (Lipinski definition) is 2. The van der Waals surface area contributed by atoms with Crippen LogP contribution in [0.25, 0.3) is 0 Å². The summed E-state index contributed by atoms with van der Waals surface area (Å²) in [6, 6.07) is 0.